The molecule has 1 rings (SSSR count). The smallest absolute Gasteiger partial charge is 0.306 e. The molecule has 0 aliphatic rings. The van der Waals surface area contributed by atoms with Crippen LogP contribution < -0.4 is 0 Å². The predicted octanol–water partition coefficient (Wildman–Crippen LogP) is 1.77. The topological polar surface area (TPSA) is 67.3 Å². The largest absolute Gasteiger partial charge is 0.481 e. The van der Waals surface area contributed by atoms with Crippen LogP contribution >= 0.6 is 0 Å². The molecular weight excluding hydrogens is 206 g/mol. The van der Waals surface area contributed by atoms with Gasteiger partial charge < -0.3 is 5.11 Å². The summed E-state index contributed by atoms with van der Waals surface area (Å²) < 4.78 is 0. The van der Waals surface area contributed by atoms with Crippen LogP contribution in [-0.4, -0.2) is 21.8 Å². The number of aliphatic carboxylic acids is 1. The van der Waals surface area contributed by atoms with Crippen molar-refractivity contribution in [1.29, 1.82) is 0 Å². The number of hydrogen-bond acceptors (Lipinski definition) is 3. The van der Waals surface area contributed by atoms with Crippen molar-refractivity contribution in [2.24, 2.45) is 5.92 Å². The molecule has 1 N–H and O–H groups in total. The molecule has 0 saturated heterocycles. The van der Waals surface area contributed by atoms with E-state index in [4.69, 9.17) is 5.11 Å². The summed E-state index contributed by atoms with van der Waals surface area (Å²) in [6.45, 7) is 5.17. The summed E-state index contributed by atoms with van der Waals surface area (Å²) in [5.74, 6) is -1.91. The first-order valence-corrected chi connectivity index (χ1v) is 4.87. The first-order chi connectivity index (χ1) is 7.52. The molecule has 0 saturated carbocycles. The standard InChI is InChI=1S/C12H13NO3/c1-8(12(15)16)7-11(14)9(2)10-3-5-13-6-4-10/h3-6,8H,2,7H2,1H3,(H,15,16). The first-order valence-electron chi connectivity index (χ1n) is 4.87. The quantitative estimate of drug-likeness (QED) is 0.766. The molecule has 4 heteroatoms. The van der Waals surface area contributed by atoms with E-state index in [9.17, 15) is 9.59 Å². The molecule has 1 unspecified atom stereocenters. The average molecular weight is 219 g/mol. The van der Waals surface area contributed by atoms with Gasteiger partial charge in [-0.15, -0.1) is 0 Å². The Kier molecular flexibility index (Phi) is 3.94. The molecule has 0 radical (unpaired) electrons. The number of nitrogens with zero attached hydrogens (tertiary/aromatic N) is 1. The minimum Gasteiger partial charge on any atom is -0.481 e. The van der Waals surface area contributed by atoms with E-state index in [-0.39, 0.29) is 12.2 Å². The summed E-state index contributed by atoms with van der Waals surface area (Å²) in [4.78, 5) is 26.1. The normalized spacial score (nSPS) is 11.8. The highest BCUT2D eigenvalue weighted by Gasteiger charge is 2.18. The van der Waals surface area contributed by atoms with Crippen molar-refractivity contribution in [2.75, 3.05) is 0 Å². The fourth-order valence-electron chi connectivity index (χ4n) is 1.20. The lowest BCUT2D eigenvalue weighted by Crippen LogP contribution is -2.15. The van der Waals surface area contributed by atoms with Crippen molar-refractivity contribution in [3.05, 3.63) is 36.7 Å². The van der Waals surface area contributed by atoms with Crippen molar-refractivity contribution in [3.63, 3.8) is 0 Å². The molecule has 0 aliphatic heterocycles. The van der Waals surface area contributed by atoms with E-state index in [2.05, 4.69) is 11.6 Å². The molecule has 1 atom stereocenters. The SMILES string of the molecule is C=C(C(=O)CC(C)C(=O)O)c1ccncc1. The van der Waals surface area contributed by atoms with Gasteiger partial charge in [-0.05, 0) is 17.7 Å². The lowest BCUT2D eigenvalue weighted by molar-refractivity contribution is -0.142. The number of allylic oxidation sites excluding steroid dienone is 1. The van der Waals surface area contributed by atoms with Gasteiger partial charge in [0.15, 0.2) is 5.78 Å². The van der Waals surface area contributed by atoms with Crippen molar-refractivity contribution < 1.29 is 14.7 Å². The zero-order chi connectivity index (χ0) is 12.1. The minimum absolute atomic E-state index is 0.0313. The van der Waals surface area contributed by atoms with Crippen molar-refractivity contribution in [2.45, 2.75) is 13.3 Å². The van der Waals surface area contributed by atoms with Crippen LogP contribution in [0.5, 0.6) is 0 Å². The van der Waals surface area contributed by atoms with Crippen LogP contribution in [0, 0.1) is 5.92 Å². The van der Waals surface area contributed by atoms with Gasteiger partial charge in [-0.25, -0.2) is 0 Å². The molecule has 0 bridgehead atoms. The highest BCUT2D eigenvalue weighted by atomic mass is 16.4. The van der Waals surface area contributed by atoms with Gasteiger partial charge >= 0.3 is 5.97 Å². The average Bonchev–Trinajstić information content (AvgIpc) is 2.28. The number of rotatable bonds is 5. The highest BCUT2D eigenvalue weighted by molar-refractivity contribution is 6.20. The predicted molar refractivity (Wildman–Crippen MR) is 59.7 cm³/mol. The molecule has 84 valence electrons. The Bertz CT molecular complexity index is 412. The van der Waals surface area contributed by atoms with Crippen molar-refractivity contribution in [3.8, 4) is 0 Å². The molecule has 1 heterocycles. The lowest BCUT2D eigenvalue weighted by atomic mass is 9.97. The number of ketones is 1. The van der Waals surface area contributed by atoms with E-state index in [1.807, 2.05) is 0 Å². The molecule has 0 fully saturated rings. The third-order valence-corrected chi connectivity index (χ3v) is 2.28. The van der Waals surface area contributed by atoms with Crippen LogP contribution in [0.25, 0.3) is 5.57 Å². The van der Waals surface area contributed by atoms with E-state index in [0.717, 1.165) is 0 Å². The zero-order valence-electron chi connectivity index (χ0n) is 9.01. The molecule has 0 aromatic carbocycles. The van der Waals surface area contributed by atoms with Gasteiger partial charge in [-0.1, -0.05) is 13.5 Å². The van der Waals surface area contributed by atoms with Crippen LogP contribution in [-0.2, 0) is 9.59 Å². The highest BCUT2D eigenvalue weighted by Crippen LogP contribution is 2.16. The molecule has 0 aliphatic carbocycles. The second kappa shape index (κ2) is 5.21. The van der Waals surface area contributed by atoms with Gasteiger partial charge in [0.2, 0.25) is 0 Å². The summed E-state index contributed by atoms with van der Waals surface area (Å²) >= 11 is 0. The zero-order valence-corrected chi connectivity index (χ0v) is 9.01. The van der Waals surface area contributed by atoms with Gasteiger partial charge in [0.05, 0.1) is 5.92 Å². The molecule has 1 aromatic rings. The summed E-state index contributed by atoms with van der Waals surface area (Å²) in [5.41, 5.74) is 1.01. The Hall–Kier alpha value is -1.97. The maximum atomic E-state index is 11.7. The Morgan fingerprint density at radius 2 is 2.00 bits per heavy atom. The van der Waals surface area contributed by atoms with E-state index in [0.29, 0.717) is 11.1 Å². The fourth-order valence-corrected chi connectivity index (χ4v) is 1.20. The Morgan fingerprint density at radius 3 is 2.50 bits per heavy atom. The summed E-state index contributed by atoms with van der Waals surface area (Å²) in [5, 5.41) is 8.69. The number of hydrogen-bond donors (Lipinski definition) is 1. The minimum atomic E-state index is -0.976. The summed E-state index contributed by atoms with van der Waals surface area (Å²) in [6.07, 6.45) is 3.10. The number of carboxylic acid groups (broad SMARTS) is 1. The second-order valence-corrected chi connectivity index (χ2v) is 3.58. The molecule has 16 heavy (non-hydrogen) atoms. The molecule has 1 aromatic heterocycles. The third-order valence-electron chi connectivity index (χ3n) is 2.28. The maximum absolute atomic E-state index is 11.7. The molecule has 0 amide bonds. The summed E-state index contributed by atoms with van der Waals surface area (Å²) in [7, 11) is 0. The van der Waals surface area contributed by atoms with Crippen molar-refractivity contribution >= 4 is 17.3 Å². The van der Waals surface area contributed by atoms with Gasteiger partial charge in [-0.3, -0.25) is 14.6 Å². The number of carbonyl (C=O) groups excluding carboxylic acids is 1. The van der Waals surface area contributed by atoms with E-state index in [1.54, 1.807) is 24.5 Å². The first kappa shape index (κ1) is 12.1. The van der Waals surface area contributed by atoms with E-state index < -0.39 is 11.9 Å². The number of aromatic nitrogens is 1. The van der Waals surface area contributed by atoms with Gasteiger partial charge in [0.1, 0.15) is 0 Å². The number of Topliss-reactive ketones (excluding diaryl/α,β-unsaturated/α-hetero) is 1. The third kappa shape index (κ3) is 3.02. The van der Waals surface area contributed by atoms with Crippen LogP contribution in [0.15, 0.2) is 31.1 Å². The van der Waals surface area contributed by atoms with E-state index in [1.165, 1.54) is 6.92 Å². The molecule has 0 spiro atoms. The number of carboxylic acids is 1. The lowest BCUT2D eigenvalue weighted by Gasteiger charge is -2.07. The van der Waals surface area contributed by atoms with Gasteiger partial charge in [-0.2, -0.15) is 0 Å². The molecule has 4 nitrogen and oxygen atoms in total. The van der Waals surface area contributed by atoms with Gasteiger partial charge in [0.25, 0.3) is 0 Å². The Balaban J connectivity index is 2.69. The fraction of sp³-hybridized carbons (Fsp3) is 0.250. The van der Waals surface area contributed by atoms with E-state index >= 15 is 0 Å². The monoisotopic (exact) mass is 219 g/mol. The van der Waals surface area contributed by atoms with Crippen LogP contribution in [0.2, 0.25) is 0 Å². The van der Waals surface area contributed by atoms with Crippen LogP contribution in [0.3, 0.4) is 0 Å². The molecular formula is C12H13NO3. The van der Waals surface area contributed by atoms with Gasteiger partial charge in [0, 0.05) is 24.4 Å². The summed E-state index contributed by atoms with van der Waals surface area (Å²) in [6, 6.07) is 3.34. The number of carbonyl (C=O) groups is 2. The Morgan fingerprint density at radius 1 is 1.44 bits per heavy atom. The second-order valence-electron chi connectivity index (χ2n) is 3.58. The number of pyridine rings is 1. The van der Waals surface area contributed by atoms with Crippen LogP contribution in [0.1, 0.15) is 18.9 Å². The Labute approximate surface area is 93.6 Å². The van der Waals surface area contributed by atoms with Crippen LogP contribution in [0.4, 0.5) is 0 Å². The maximum Gasteiger partial charge on any atom is 0.306 e. The van der Waals surface area contributed by atoms with Crippen molar-refractivity contribution in [1.82, 2.24) is 4.98 Å².